The van der Waals surface area contributed by atoms with Gasteiger partial charge in [0.15, 0.2) is 5.96 Å². The SMILES string of the molecule is CCNC(=NCc1nc(C(C)(C)C)cs1)NCCCOCC.I. The van der Waals surface area contributed by atoms with Crippen molar-refractivity contribution in [2.24, 2.45) is 4.99 Å². The number of thiazole rings is 1. The van der Waals surface area contributed by atoms with E-state index in [1.807, 2.05) is 6.92 Å². The van der Waals surface area contributed by atoms with Crippen molar-refractivity contribution in [3.63, 3.8) is 0 Å². The number of hydrogen-bond donors (Lipinski definition) is 2. The lowest BCUT2D eigenvalue weighted by Crippen LogP contribution is -2.38. The number of guanidine groups is 1. The minimum atomic E-state index is 0. The van der Waals surface area contributed by atoms with Crippen molar-refractivity contribution in [2.45, 2.75) is 53.0 Å². The van der Waals surface area contributed by atoms with Crippen LogP contribution in [0.2, 0.25) is 0 Å². The molecule has 7 heteroatoms. The fourth-order valence-corrected chi connectivity index (χ4v) is 2.69. The molecule has 1 heterocycles. The first-order chi connectivity index (χ1) is 10.5. The summed E-state index contributed by atoms with van der Waals surface area (Å²) in [5, 5.41) is 9.76. The van der Waals surface area contributed by atoms with E-state index in [1.54, 1.807) is 11.3 Å². The Bertz CT molecular complexity index is 457. The van der Waals surface area contributed by atoms with E-state index in [9.17, 15) is 0 Å². The van der Waals surface area contributed by atoms with Gasteiger partial charge in [-0.2, -0.15) is 0 Å². The zero-order valence-electron chi connectivity index (χ0n) is 14.9. The number of nitrogens with one attached hydrogen (secondary N) is 2. The monoisotopic (exact) mass is 454 g/mol. The van der Waals surface area contributed by atoms with Crippen LogP contribution in [0.3, 0.4) is 0 Å². The van der Waals surface area contributed by atoms with Crippen LogP contribution in [0, 0.1) is 0 Å². The molecule has 5 nitrogen and oxygen atoms in total. The zero-order valence-corrected chi connectivity index (χ0v) is 18.1. The van der Waals surface area contributed by atoms with Crippen LogP contribution in [0.1, 0.15) is 51.7 Å². The Balaban J connectivity index is 0.00000484. The minimum absolute atomic E-state index is 0. The molecule has 0 fully saturated rings. The Morgan fingerprint density at radius 3 is 2.61 bits per heavy atom. The lowest BCUT2D eigenvalue weighted by atomic mass is 9.93. The van der Waals surface area contributed by atoms with Crippen LogP contribution in [0.4, 0.5) is 0 Å². The Hall–Kier alpha value is -0.410. The van der Waals surface area contributed by atoms with E-state index in [2.05, 4.69) is 53.7 Å². The van der Waals surface area contributed by atoms with Crippen LogP contribution in [-0.2, 0) is 16.7 Å². The fraction of sp³-hybridized carbons (Fsp3) is 0.750. The summed E-state index contributed by atoms with van der Waals surface area (Å²) in [6, 6.07) is 0. The molecule has 0 spiro atoms. The number of rotatable bonds is 8. The van der Waals surface area contributed by atoms with Gasteiger partial charge < -0.3 is 15.4 Å². The second kappa shape index (κ2) is 12.0. The maximum absolute atomic E-state index is 5.33. The van der Waals surface area contributed by atoms with Gasteiger partial charge in [-0.25, -0.2) is 9.98 Å². The summed E-state index contributed by atoms with van der Waals surface area (Å²) in [6.45, 7) is 14.5. The molecule has 2 N–H and O–H groups in total. The number of nitrogens with zero attached hydrogens (tertiary/aromatic N) is 2. The average molecular weight is 454 g/mol. The molecule has 0 aliphatic rings. The summed E-state index contributed by atoms with van der Waals surface area (Å²) in [5.41, 5.74) is 1.23. The molecule has 134 valence electrons. The number of aromatic nitrogens is 1. The standard InChI is InChI=1S/C16H30N4OS.HI/c1-6-17-15(18-9-8-10-21-7-2)19-11-14-20-13(12-22-14)16(3,4)5;/h12H,6-11H2,1-5H3,(H2,17,18,19);1H. The van der Waals surface area contributed by atoms with E-state index >= 15 is 0 Å². The molecule has 0 aliphatic carbocycles. The summed E-state index contributed by atoms with van der Waals surface area (Å²) >= 11 is 1.68. The van der Waals surface area contributed by atoms with Gasteiger partial charge in [0, 0.05) is 37.1 Å². The van der Waals surface area contributed by atoms with Gasteiger partial charge in [0.1, 0.15) is 5.01 Å². The third-order valence-corrected chi connectivity index (χ3v) is 3.83. The quantitative estimate of drug-likeness (QED) is 0.273. The van der Waals surface area contributed by atoms with Gasteiger partial charge in [0.2, 0.25) is 0 Å². The van der Waals surface area contributed by atoms with E-state index in [1.165, 1.54) is 0 Å². The Kier molecular flexibility index (Phi) is 11.8. The minimum Gasteiger partial charge on any atom is -0.382 e. The maximum Gasteiger partial charge on any atom is 0.191 e. The zero-order chi connectivity index (χ0) is 16.4. The van der Waals surface area contributed by atoms with E-state index < -0.39 is 0 Å². The van der Waals surface area contributed by atoms with Gasteiger partial charge in [0.05, 0.1) is 12.2 Å². The largest absolute Gasteiger partial charge is 0.382 e. The molecule has 1 aromatic rings. The van der Waals surface area contributed by atoms with E-state index in [4.69, 9.17) is 4.74 Å². The van der Waals surface area contributed by atoms with Crippen LogP contribution in [0.25, 0.3) is 0 Å². The first kappa shape index (κ1) is 22.6. The van der Waals surface area contributed by atoms with Crippen molar-refractivity contribution in [3.8, 4) is 0 Å². The van der Waals surface area contributed by atoms with Gasteiger partial charge >= 0.3 is 0 Å². The fourth-order valence-electron chi connectivity index (χ4n) is 1.74. The van der Waals surface area contributed by atoms with Crippen molar-refractivity contribution in [1.82, 2.24) is 15.6 Å². The highest BCUT2D eigenvalue weighted by Gasteiger charge is 2.17. The third-order valence-electron chi connectivity index (χ3n) is 3.00. The van der Waals surface area contributed by atoms with Gasteiger partial charge in [0.25, 0.3) is 0 Å². The lowest BCUT2D eigenvalue weighted by Gasteiger charge is -2.14. The van der Waals surface area contributed by atoms with Gasteiger partial charge in [-0.3, -0.25) is 0 Å². The molecule has 1 aromatic heterocycles. The molecular weight excluding hydrogens is 423 g/mol. The normalized spacial score (nSPS) is 12.0. The van der Waals surface area contributed by atoms with Gasteiger partial charge in [-0.1, -0.05) is 20.8 Å². The molecule has 0 saturated carbocycles. The highest BCUT2D eigenvalue weighted by Crippen LogP contribution is 2.24. The molecule has 0 radical (unpaired) electrons. The first-order valence-electron chi connectivity index (χ1n) is 8.02. The number of halogens is 1. The van der Waals surface area contributed by atoms with Crippen LogP contribution in [0.15, 0.2) is 10.4 Å². The predicted molar refractivity (Wildman–Crippen MR) is 110 cm³/mol. The second-order valence-corrected chi connectivity index (χ2v) is 6.99. The van der Waals surface area contributed by atoms with Crippen LogP contribution in [0.5, 0.6) is 0 Å². The summed E-state index contributed by atoms with van der Waals surface area (Å²) in [4.78, 5) is 9.27. The summed E-state index contributed by atoms with van der Waals surface area (Å²) in [6.07, 6.45) is 0.976. The lowest BCUT2D eigenvalue weighted by molar-refractivity contribution is 0.145. The number of ether oxygens (including phenoxy) is 1. The van der Waals surface area contributed by atoms with E-state index in [0.29, 0.717) is 6.54 Å². The third kappa shape index (κ3) is 9.46. The van der Waals surface area contributed by atoms with Gasteiger partial charge in [-0.15, -0.1) is 35.3 Å². The molecule has 0 bridgehead atoms. The highest BCUT2D eigenvalue weighted by atomic mass is 127. The number of aliphatic imine (C=N–C) groups is 1. The Labute approximate surface area is 161 Å². The smallest absolute Gasteiger partial charge is 0.191 e. The van der Waals surface area contributed by atoms with Crippen molar-refractivity contribution >= 4 is 41.3 Å². The first-order valence-corrected chi connectivity index (χ1v) is 8.90. The molecule has 0 saturated heterocycles. The van der Waals surface area contributed by atoms with Crippen molar-refractivity contribution in [2.75, 3.05) is 26.3 Å². The molecular formula is C16H31IN4OS. The second-order valence-electron chi connectivity index (χ2n) is 6.05. The molecule has 23 heavy (non-hydrogen) atoms. The number of hydrogen-bond acceptors (Lipinski definition) is 4. The summed E-state index contributed by atoms with van der Waals surface area (Å²) < 4.78 is 5.33. The molecule has 0 atom stereocenters. The Morgan fingerprint density at radius 2 is 2.04 bits per heavy atom. The van der Waals surface area contributed by atoms with E-state index in [-0.39, 0.29) is 29.4 Å². The maximum atomic E-state index is 5.33. The van der Waals surface area contributed by atoms with Crippen LogP contribution in [-0.4, -0.2) is 37.2 Å². The van der Waals surface area contributed by atoms with Crippen LogP contribution < -0.4 is 10.6 Å². The van der Waals surface area contributed by atoms with Crippen molar-refractivity contribution in [1.29, 1.82) is 0 Å². The van der Waals surface area contributed by atoms with Crippen molar-refractivity contribution in [3.05, 3.63) is 16.1 Å². The molecule has 1 rings (SSSR count). The predicted octanol–water partition coefficient (Wildman–Crippen LogP) is 3.54. The Morgan fingerprint density at radius 1 is 1.30 bits per heavy atom. The molecule has 0 unspecified atom stereocenters. The summed E-state index contributed by atoms with van der Waals surface area (Å²) in [7, 11) is 0. The highest BCUT2D eigenvalue weighted by molar-refractivity contribution is 14.0. The average Bonchev–Trinajstić information content (AvgIpc) is 2.93. The topological polar surface area (TPSA) is 58.5 Å². The van der Waals surface area contributed by atoms with E-state index in [0.717, 1.165) is 49.4 Å². The molecule has 0 aliphatic heterocycles. The van der Waals surface area contributed by atoms with Crippen molar-refractivity contribution < 1.29 is 4.74 Å². The molecule has 0 amide bonds. The van der Waals surface area contributed by atoms with Crippen LogP contribution >= 0.6 is 35.3 Å². The summed E-state index contributed by atoms with van der Waals surface area (Å²) in [5.74, 6) is 0.839. The van der Waals surface area contributed by atoms with Gasteiger partial charge in [-0.05, 0) is 20.3 Å². The molecule has 0 aromatic carbocycles.